The van der Waals surface area contributed by atoms with Crippen LogP contribution in [0, 0.1) is 0 Å². The van der Waals surface area contributed by atoms with Gasteiger partial charge in [0.15, 0.2) is 0 Å². The first-order valence-electron chi connectivity index (χ1n) is 8.38. The first-order valence-corrected chi connectivity index (χ1v) is 10.4. The molecule has 0 saturated carbocycles. The van der Waals surface area contributed by atoms with Crippen molar-refractivity contribution in [1.29, 1.82) is 0 Å². The minimum Gasteiger partial charge on any atom is -0.274 e. The molecule has 148 valence electrons. The van der Waals surface area contributed by atoms with Gasteiger partial charge in [0.1, 0.15) is 0 Å². The predicted octanol–water partition coefficient (Wildman–Crippen LogP) is 7.22. The normalized spacial score (nSPS) is 8.86. The van der Waals surface area contributed by atoms with Gasteiger partial charge in [0.25, 0.3) is 0 Å². The molecule has 0 aromatic heterocycles. The van der Waals surface area contributed by atoms with Crippen LogP contribution in [0.15, 0.2) is 109 Å². The summed E-state index contributed by atoms with van der Waals surface area (Å²) in [5.41, 5.74) is 2.43. The minimum absolute atomic E-state index is 0. The molecule has 0 aliphatic rings. The van der Waals surface area contributed by atoms with Crippen molar-refractivity contribution < 1.29 is 38.9 Å². The zero-order valence-corrected chi connectivity index (χ0v) is 19.1. The molecule has 0 heterocycles. The summed E-state index contributed by atoms with van der Waals surface area (Å²) in [4.78, 5) is 11.6. The van der Waals surface area contributed by atoms with Gasteiger partial charge in [-0.2, -0.15) is 77.9 Å². The van der Waals surface area contributed by atoms with E-state index in [2.05, 4.69) is 0 Å². The number of rotatable bonds is 4. The molecule has 0 aliphatic heterocycles. The van der Waals surface area contributed by atoms with E-state index in [0.29, 0.717) is 0 Å². The van der Waals surface area contributed by atoms with Crippen molar-refractivity contribution in [2.45, 2.75) is 11.5 Å². The summed E-state index contributed by atoms with van der Waals surface area (Å²) in [6, 6.07) is 36.2. The minimum atomic E-state index is 0. The van der Waals surface area contributed by atoms with Crippen LogP contribution >= 0.6 is 23.5 Å². The Morgan fingerprint density at radius 1 is 0.714 bits per heavy atom. The monoisotopic (exact) mass is 490 g/mol. The Morgan fingerprint density at radius 3 is 1.75 bits per heavy atom. The molecule has 4 rings (SSSR count). The summed E-state index contributed by atoms with van der Waals surface area (Å²) in [5, 5.41) is 0. The second-order valence-corrected chi connectivity index (χ2v) is 7.49. The van der Waals surface area contributed by atoms with Gasteiger partial charge in [-0.3, -0.25) is 4.79 Å². The Hall–Kier alpha value is -1.19. The predicted molar refractivity (Wildman–Crippen MR) is 116 cm³/mol. The fraction of sp³-hybridized carbons (Fsp3) is 0.0870. The van der Waals surface area contributed by atoms with Crippen molar-refractivity contribution in [3.05, 3.63) is 120 Å². The standard InChI is InChI=1S/C13H12OS2.2C5H5.2Fe/c14-13(15-9-11-5-1-2-6-11)16-10-12-7-3-4-8-12;2*1-2-4-5-3-1;;/h1-8H,9-10H2;2*1-5H;;/q-2;2*-1;2*+2. The molecular formula is C23H22Fe2OS2. The van der Waals surface area contributed by atoms with Crippen molar-refractivity contribution in [3.8, 4) is 0 Å². The third-order valence-corrected chi connectivity index (χ3v) is 5.42. The van der Waals surface area contributed by atoms with E-state index in [0.717, 1.165) is 11.5 Å². The van der Waals surface area contributed by atoms with Crippen LogP contribution < -0.4 is 0 Å². The molecule has 1 nitrogen and oxygen atoms in total. The van der Waals surface area contributed by atoms with Crippen LogP contribution in [0.2, 0.25) is 0 Å². The maximum atomic E-state index is 11.6. The fourth-order valence-electron chi connectivity index (χ4n) is 1.99. The molecule has 0 N–H and O–H groups in total. The van der Waals surface area contributed by atoms with Gasteiger partial charge in [0.2, 0.25) is 4.45 Å². The SMILES string of the molecule is O=C(SCc1cc[cH-]c1)SCc1ccc[cH-]1.[Fe+2].[Fe+2].c1cc[cH-]c1.c1cc[cH-]c1. The average Bonchev–Trinajstić information content (AvgIpc) is 3.49. The van der Waals surface area contributed by atoms with Gasteiger partial charge < -0.3 is 0 Å². The van der Waals surface area contributed by atoms with E-state index < -0.39 is 0 Å². The van der Waals surface area contributed by atoms with Crippen LogP contribution in [0.25, 0.3) is 0 Å². The van der Waals surface area contributed by atoms with Gasteiger partial charge in [-0.15, -0.1) is 0 Å². The molecule has 0 aliphatic carbocycles. The molecule has 0 atom stereocenters. The van der Waals surface area contributed by atoms with Gasteiger partial charge in [-0.1, -0.05) is 23.5 Å². The van der Waals surface area contributed by atoms with Crippen molar-refractivity contribution in [2.75, 3.05) is 0 Å². The van der Waals surface area contributed by atoms with Crippen molar-refractivity contribution in [3.63, 3.8) is 0 Å². The van der Waals surface area contributed by atoms with Crippen LogP contribution in [0.1, 0.15) is 11.1 Å². The number of hydrogen-bond donors (Lipinski definition) is 0. The summed E-state index contributed by atoms with van der Waals surface area (Å²) < 4.78 is 0.197. The van der Waals surface area contributed by atoms with E-state index in [1.54, 1.807) is 0 Å². The zero-order chi connectivity index (χ0) is 18.3. The summed E-state index contributed by atoms with van der Waals surface area (Å²) in [6.45, 7) is 0. The van der Waals surface area contributed by atoms with Crippen molar-refractivity contribution in [1.82, 2.24) is 0 Å². The molecule has 4 aromatic rings. The van der Waals surface area contributed by atoms with Crippen LogP contribution in [0.4, 0.5) is 4.79 Å². The van der Waals surface area contributed by atoms with E-state index in [-0.39, 0.29) is 38.6 Å². The number of hydrogen-bond acceptors (Lipinski definition) is 3. The molecular weight excluding hydrogens is 468 g/mol. The second-order valence-electron chi connectivity index (χ2n) is 5.34. The molecule has 0 saturated heterocycles. The van der Waals surface area contributed by atoms with E-state index in [1.165, 1.54) is 34.7 Å². The van der Waals surface area contributed by atoms with Crippen molar-refractivity contribution in [2.24, 2.45) is 0 Å². The van der Waals surface area contributed by atoms with E-state index in [1.807, 2.05) is 109 Å². The summed E-state index contributed by atoms with van der Waals surface area (Å²) in [5.74, 6) is 1.56. The zero-order valence-electron chi connectivity index (χ0n) is 15.2. The molecule has 4 aromatic carbocycles. The smallest absolute Gasteiger partial charge is 0.274 e. The van der Waals surface area contributed by atoms with E-state index in [4.69, 9.17) is 0 Å². The van der Waals surface area contributed by atoms with Crippen molar-refractivity contribution >= 4 is 28.0 Å². The van der Waals surface area contributed by atoms with Crippen LogP contribution in [-0.4, -0.2) is 4.45 Å². The first kappa shape index (κ1) is 26.8. The maximum absolute atomic E-state index is 11.6. The molecule has 0 radical (unpaired) electrons. The Labute approximate surface area is 197 Å². The first-order chi connectivity index (χ1) is 12.8. The van der Waals surface area contributed by atoms with Crippen LogP contribution in [0.3, 0.4) is 0 Å². The molecule has 0 bridgehead atoms. The van der Waals surface area contributed by atoms with Gasteiger partial charge >= 0.3 is 34.1 Å². The fourth-order valence-corrected chi connectivity index (χ4v) is 3.63. The number of carbonyl (C=O) groups excluding carboxylic acids is 1. The summed E-state index contributed by atoms with van der Waals surface area (Å²) >= 11 is 2.76. The van der Waals surface area contributed by atoms with Crippen LogP contribution in [-0.2, 0) is 45.6 Å². The average molecular weight is 490 g/mol. The quantitative estimate of drug-likeness (QED) is 0.222. The molecule has 0 unspecified atom stereocenters. The van der Waals surface area contributed by atoms with E-state index >= 15 is 0 Å². The molecule has 0 fully saturated rings. The van der Waals surface area contributed by atoms with E-state index in [9.17, 15) is 4.79 Å². The van der Waals surface area contributed by atoms with Gasteiger partial charge in [-0.25, -0.2) is 42.5 Å². The number of thioether (sulfide) groups is 2. The van der Waals surface area contributed by atoms with Crippen LogP contribution in [0.5, 0.6) is 0 Å². The Kier molecular flexibility index (Phi) is 17.1. The second kappa shape index (κ2) is 17.9. The van der Waals surface area contributed by atoms with Gasteiger partial charge in [-0.05, 0) is 5.75 Å². The summed E-state index contributed by atoms with van der Waals surface area (Å²) in [6.07, 6.45) is 0. The Bertz CT molecular complexity index is 658. The molecule has 28 heavy (non-hydrogen) atoms. The number of carbonyl (C=O) groups is 1. The molecule has 0 spiro atoms. The van der Waals surface area contributed by atoms with Gasteiger partial charge in [0, 0.05) is 5.75 Å². The topological polar surface area (TPSA) is 17.1 Å². The Balaban J connectivity index is 0.000000500. The Morgan fingerprint density at radius 2 is 1.32 bits per heavy atom. The largest absolute Gasteiger partial charge is 2.00 e. The summed E-state index contributed by atoms with van der Waals surface area (Å²) in [7, 11) is 0. The third-order valence-electron chi connectivity index (χ3n) is 3.29. The molecule has 5 heteroatoms. The third kappa shape index (κ3) is 13.1. The van der Waals surface area contributed by atoms with Gasteiger partial charge in [0.05, 0.1) is 0 Å². The maximum Gasteiger partial charge on any atom is 2.00 e. The molecule has 0 amide bonds.